The first kappa shape index (κ1) is 27.1. The summed E-state index contributed by atoms with van der Waals surface area (Å²) in [6.45, 7) is -0.612. The van der Waals surface area contributed by atoms with E-state index in [-0.39, 0.29) is 24.5 Å². The summed E-state index contributed by atoms with van der Waals surface area (Å²) in [6, 6.07) is 19.6. The first-order valence-electron chi connectivity index (χ1n) is 11.8. The van der Waals surface area contributed by atoms with Crippen LogP contribution in [0.25, 0.3) is 11.6 Å². The number of allylic oxidation sites excluding steroid dienone is 1. The zero-order chi connectivity index (χ0) is 26.4. The number of sulfone groups is 1. The van der Waals surface area contributed by atoms with Gasteiger partial charge in [0.05, 0.1) is 24.2 Å². The Morgan fingerprint density at radius 2 is 1.89 bits per heavy atom. The Hall–Kier alpha value is -2.98. The molecule has 0 bridgehead atoms. The molecular weight excluding hydrogens is 558 g/mol. The quantitative estimate of drug-likeness (QED) is 0.302. The largest absolute Gasteiger partial charge is 0.507 e. The number of hydrogen-bond donors (Lipinski definition) is 3. The number of benzene rings is 2. The minimum Gasteiger partial charge on any atom is -0.507 e. The van der Waals surface area contributed by atoms with Crippen molar-refractivity contribution in [1.29, 1.82) is 0 Å². The van der Waals surface area contributed by atoms with Gasteiger partial charge in [0.1, 0.15) is 23.4 Å². The number of aliphatic hydroxyl groups is 2. The highest BCUT2D eigenvalue weighted by molar-refractivity contribution is 9.10. The number of halogens is 1. The number of aliphatic hydroxyl groups excluding tert-OH is 2. The lowest BCUT2D eigenvalue weighted by Crippen LogP contribution is -2.29. The van der Waals surface area contributed by atoms with Crippen LogP contribution in [0.4, 0.5) is 0 Å². The number of aromatic hydroxyl groups is 1. The molecule has 0 amide bonds. The van der Waals surface area contributed by atoms with Gasteiger partial charge in [-0.2, -0.15) is 0 Å². The van der Waals surface area contributed by atoms with Crippen molar-refractivity contribution in [2.45, 2.75) is 24.2 Å². The maximum atomic E-state index is 12.8. The van der Waals surface area contributed by atoms with Crippen molar-refractivity contribution < 1.29 is 28.5 Å². The molecule has 2 atom stereocenters. The highest BCUT2D eigenvalue weighted by atomic mass is 79.9. The fraction of sp³-hybridized carbons (Fsp3) is 0.250. The number of ether oxygens (including phenoxy) is 1. The predicted molar refractivity (Wildman–Crippen MR) is 147 cm³/mol. The van der Waals surface area contributed by atoms with Gasteiger partial charge in [0.25, 0.3) is 0 Å². The summed E-state index contributed by atoms with van der Waals surface area (Å²) in [6.07, 6.45) is 2.88. The van der Waals surface area contributed by atoms with Gasteiger partial charge >= 0.3 is 0 Å². The van der Waals surface area contributed by atoms with Crippen LogP contribution in [0.2, 0.25) is 0 Å². The van der Waals surface area contributed by atoms with E-state index in [9.17, 15) is 23.7 Å². The molecule has 2 heterocycles. The number of phenols is 1. The molecule has 7 nitrogen and oxygen atoms in total. The molecule has 0 radical (unpaired) electrons. The van der Waals surface area contributed by atoms with Gasteiger partial charge in [0.15, 0.2) is 9.84 Å². The van der Waals surface area contributed by atoms with Crippen LogP contribution in [0.15, 0.2) is 88.5 Å². The monoisotopic (exact) mass is 585 g/mol. The SMILES string of the molecule is O=S1(=O)CC(COc2ccccc2)=C([C@H](O)CC/C(=C/c2cc(Br)ccc2O)c2ccccn2)[C@@H]1CO. The predicted octanol–water partition coefficient (Wildman–Crippen LogP) is 4.40. The molecule has 9 heteroatoms. The third-order valence-electron chi connectivity index (χ3n) is 6.25. The van der Waals surface area contributed by atoms with E-state index < -0.39 is 27.8 Å². The molecule has 1 aromatic heterocycles. The Balaban J connectivity index is 1.61. The Kier molecular flexibility index (Phi) is 8.81. The molecule has 1 aliphatic rings. The lowest BCUT2D eigenvalue weighted by molar-refractivity contribution is 0.188. The average molecular weight is 587 g/mol. The molecule has 0 saturated carbocycles. The van der Waals surface area contributed by atoms with Gasteiger partial charge in [-0.15, -0.1) is 0 Å². The topological polar surface area (TPSA) is 117 Å². The number of hydrogen-bond acceptors (Lipinski definition) is 7. The number of aromatic nitrogens is 1. The molecule has 0 spiro atoms. The number of pyridine rings is 1. The fourth-order valence-electron chi connectivity index (χ4n) is 4.43. The molecule has 0 saturated heterocycles. The molecule has 2 aromatic carbocycles. The lowest BCUT2D eigenvalue weighted by atomic mass is 9.94. The zero-order valence-electron chi connectivity index (χ0n) is 20.0. The summed E-state index contributed by atoms with van der Waals surface area (Å²) in [5, 5.41) is 30.3. The summed E-state index contributed by atoms with van der Waals surface area (Å²) in [4.78, 5) is 4.42. The highest BCUT2D eigenvalue weighted by Crippen LogP contribution is 2.34. The van der Waals surface area contributed by atoms with E-state index in [1.54, 1.807) is 48.7 Å². The summed E-state index contributed by atoms with van der Waals surface area (Å²) in [5.41, 5.74) is 2.77. The second-order valence-electron chi connectivity index (χ2n) is 8.78. The molecule has 1 aliphatic heterocycles. The van der Waals surface area contributed by atoms with Crippen LogP contribution in [0.5, 0.6) is 11.5 Å². The molecule has 3 aromatic rings. The van der Waals surface area contributed by atoms with Gasteiger partial charge in [-0.1, -0.05) is 40.2 Å². The van der Waals surface area contributed by atoms with Crippen LogP contribution in [0.3, 0.4) is 0 Å². The number of rotatable bonds is 10. The van der Waals surface area contributed by atoms with E-state index in [0.717, 1.165) is 10.0 Å². The van der Waals surface area contributed by atoms with Crippen molar-refractivity contribution >= 4 is 37.4 Å². The summed E-state index contributed by atoms with van der Waals surface area (Å²) in [7, 11) is -3.66. The molecule has 0 unspecified atom stereocenters. The highest BCUT2D eigenvalue weighted by Gasteiger charge is 2.41. The van der Waals surface area contributed by atoms with Crippen LogP contribution in [0, 0.1) is 0 Å². The van der Waals surface area contributed by atoms with Gasteiger partial charge in [-0.3, -0.25) is 4.98 Å². The number of nitrogens with zero attached hydrogens (tertiary/aromatic N) is 1. The van der Waals surface area contributed by atoms with E-state index in [1.165, 1.54) is 0 Å². The Labute approximate surface area is 224 Å². The zero-order valence-corrected chi connectivity index (χ0v) is 22.4. The molecule has 37 heavy (non-hydrogen) atoms. The van der Waals surface area contributed by atoms with E-state index >= 15 is 0 Å². The number of para-hydroxylation sites is 1. The molecule has 0 aliphatic carbocycles. The Bertz CT molecular complexity index is 1390. The molecule has 3 N–H and O–H groups in total. The maximum Gasteiger partial charge on any atom is 0.163 e. The van der Waals surface area contributed by atoms with E-state index in [2.05, 4.69) is 20.9 Å². The van der Waals surface area contributed by atoms with Crippen LogP contribution in [-0.4, -0.2) is 59.0 Å². The minimum absolute atomic E-state index is 0.000981. The third kappa shape index (κ3) is 6.67. The third-order valence-corrected chi connectivity index (χ3v) is 8.76. The summed E-state index contributed by atoms with van der Waals surface area (Å²) in [5.74, 6) is 0.414. The van der Waals surface area contributed by atoms with Gasteiger partial charge in [-0.05, 0) is 78.1 Å². The summed E-state index contributed by atoms with van der Waals surface area (Å²) < 4.78 is 32.1. The first-order valence-corrected chi connectivity index (χ1v) is 14.3. The van der Waals surface area contributed by atoms with Crippen molar-refractivity contribution in [2.75, 3.05) is 19.0 Å². The molecular formula is C28H28BrNO6S. The van der Waals surface area contributed by atoms with Crippen LogP contribution < -0.4 is 4.74 Å². The minimum atomic E-state index is -3.66. The average Bonchev–Trinajstić information content (AvgIpc) is 3.17. The van der Waals surface area contributed by atoms with Crippen molar-refractivity contribution in [1.82, 2.24) is 4.98 Å². The Morgan fingerprint density at radius 3 is 2.59 bits per heavy atom. The Morgan fingerprint density at radius 1 is 1.14 bits per heavy atom. The van der Waals surface area contributed by atoms with Crippen LogP contribution in [-0.2, 0) is 9.84 Å². The number of phenolic OH excluding ortho intramolecular Hbond substituents is 1. The molecule has 0 fully saturated rings. The first-order chi connectivity index (χ1) is 17.8. The van der Waals surface area contributed by atoms with Gasteiger partial charge in [0, 0.05) is 16.2 Å². The van der Waals surface area contributed by atoms with Gasteiger partial charge < -0.3 is 20.1 Å². The normalized spacial score (nSPS) is 18.1. The van der Waals surface area contributed by atoms with E-state index in [4.69, 9.17) is 4.74 Å². The van der Waals surface area contributed by atoms with Gasteiger partial charge in [-0.25, -0.2) is 8.42 Å². The maximum absolute atomic E-state index is 12.8. The van der Waals surface area contributed by atoms with Crippen molar-refractivity contribution in [2.24, 2.45) is 0 Å². The summed E-state index contributed by atoms with van der Waals surface area (Å²) >= 11 is 3.42. The molecule has 194 valence electrons. The smallest absolute Gasteiger partial charge is 0.163 e. The van der Waals surface area contributed by atoms with Gasteiger partial charge in [0.2, 0.25) is 0 Å². The van der Waals surface area contributed by atoms with E-state index in [0.29, 0.717) is 34.6 Å². The standard InChI is InChI=1S/C28H28BrNO6S/c29-22-10-12-25(32)20(15-22)14-19(24-8-4-5-13-30-24)9-11-26(33)28-21(18-37(34,35)27(28)16-31)17-36-23-6-2-1-3-7-23/h1-8,10,12-15,26-27,31-33H,9,11,16-18H2/b19-14-/t26-,27+/m1/s1. The van der Waals surface area contributed by atoms with Crippen molar-refractivity contribution in [3.63, 3.8) is 0 Å². The lowest BCUT2D eigenvalue weighted by Gasteiger charge is -2.20. The van der Waals surface area contributed by atoms with Crippen molar-refractivity contribution in [3.8, 4) is 11.5 Å². The second-order valence-corrected chi connectivity index (χ2v) is 11.9. The van der Waals surface area contributed by atoms with Crippen LogP contribution in [0.1, 0.15) is 24.1 Å². The van der Waals surface area contributed by atoms with Crippen molar-refractivity contribution in [3.05, 3.63) is 99.8 Å². The molecule has 4 rings (SSSR count). The second kappa shape index (κ2) is 12.0. The van der Waals surface area contributed by atoms with Crippen LogP contribution >= 0.6 is 15.9 Å². The van der Waals surface area contributed by atoms with E-state index in [1.807, 2.05) is 30.3 Å². The fourth-order valence-corrected chi connectivity index (χ4v) is 6.68.